The van der Waals surface area contributed by atoms with Crippen molar-refractivity contribution >= 4 is 36.0 Å². The summed E-state index contributed by atoms with van der Waals surface area (Å²) in [5, 5.41) is 17.9. The van der Waals surface area contributed by atoms with E-state index in [1.165, 1.54) is 0 Å². The average Bonchev–Trinajstić information content (AvgIpc) is 3.43. The Kier molecular flexibility index (Phi) is 14.1. The van der Waals surface area contributed by atoms with Gasteiger partial charge < -0.3 is 25.4 Å². The van der Waals surface area contributed by atoms with Crippen LogP contribution in [0, 0.1) is 5.92 Å². The van der Waals surface area contributed by atoms with Crippen molar-refractivity contribution in [1.82, 2.24) is 35.2 Å². The molecule has 1 aromatic carbocycles. The molecule has 13 nitrogen and oxygen atoms in total. The number of aromatic nitrogens is 3. The molecule has 4 rings (SSSR count). The first kappa shape index (κ1) is 35.0. The number of carboxylic acid groups (broad SMARTS) is 1. The minimum atomic E-state index is -0.658. The minimum absolute atomic E-state index is 0.00102. The highest BCUT2D eigenvalue weighted by Crippen LogP contribution is 2.25. The molecule has 2 aliphatic heterocycles. The van der Waals surface area contributed by atoms with Crippen molar-refractivity contribution in [3.63, 3.8) is 0 Å². The number of amides is 3. The van der Waals surface area contributed by atoms with E-state index in [2.05, 4.69) is 10.6 Å². The molecule has 2 aliphatic rings. The molecule has 3 atom stereocenters. The van der Waals surface area contributed by atoms with E-state index in [0.29, 0.717) is 63.9 Å². The molecule has 1 fully saturated rings. The third-order valence-corrected chi connectivity index (χ3v) is 8.29. The first-order valence-electron chi connectivity index (χ1n) is 14.9. The van der Waals surface area contributed by atoms with E-state index in [1.54, 1.807) is 11.8 Å². The first-order valence-corrected chi connectivity index (χ1v) is 16.3. The van der Waals surface area contributed by atoms with Crippen molar-refractivity contribution in [2.75, 3.05) is 51.9 Å². The number of fused-ring (bicyclic) bond motifs is 1. The Bertz CT molecular complexity index is 1230. The van der Waals surface area contributed by atoms with Gasteiger partial charge in [-0.05, 0) is 37.8 Å². The zero-order valence-electron chi connectivity index (χ0n) is 26.0. The summed E-state index contributed by atoms with van der Waals surface area (Å²) >= 11 is 1.63. The van der Waals surface area contributed by atoms with Crippen molar-refractivity contribution in [2.45, 2.75) is 57.8 Å². The van der Waals surface area contributed by atoms with E-state index >= 15 is 0 Å². The smallest absolute Gasteiger partial charge is 0.290 e. The van der Waals surface area contributed by atoms with Crippen LogP contribution in [-0.2, 0) is 30.5 Å². The van der Waals surface area contributed by atoms with Gasteiger partial charge in [-0.1, -0.05) is 44.2 Å². The van der Waals surface area contributed by atoms with Gasteiger partial charge in [0.1, 0.15) is 12.1 Å². The fourth-order valence-electron chi connectivity index (χ4n) is 5.15. The fraction of sp³-hybridized carbons (Fsp3) is 0.600. The number of carbonyl (C=O) groups excluding carboxylic acids is 3. The average molecular weight is 632 g/mol. The van der Waals surface area contributed by atoms with Gasteiger partial charge in [0.2, 0.25) is 17.7 Å². The van der Waals surface area contributed by atoms with Crippen molar-refractivity contribution in [1.29, 1.82) is 0 Å². The van der Waals surface area contributed by atoms with Crippen LogP contribution in [0.25, 0.3) is 11.4 Å². The number of hydrogen-bond acceptors (Lipinski definition) is 9. The molecule has 44 heavy (non-hydrogen) atoms. The molecular formula is C30H45N7O6S. The van der Waals surface area contributed by atoms with Crippen LogP contribution in [0.4, 0.5) is 0 Å². The second-order valence-electron chi connectivity index (χ2n) is 11.1. The van der Waals surface area contributed by atoms with Gasteiger partial charge in [0.25, 0.3) is 6.47 Å². The number of hydrogen-bond donors (Lipinski definition) is 3. The molecule has 0 radical (unpaired) electrons. The van der Waals surface area contributed by atoms with Crippen LogP contribution in [0.2, 0.25) is 0 Å². The topological polar surface area (TPSA) is 159 Å². The predicted molar refractivity (Wildman–Crippen MR) is 168 cm³/mol. The van der Waals surface area contributed by atoms with Gasteiger partial charge in [-0.2, -0.15) is 16.9 Å². The Morgan fingerprint density at radius 3 is 2.55 bits per heavy atom. The summed E-state index contributed by atoms with van der Waals surface area (Å²) in [7, 11) is 1.94. The van der Waals surface area contributed by atoms with E-state index in [4.69, 9.17) is 24.7 Å². The molecule has 3 heterocycles. The Morgan fingerprint density at radius 2 is 1.89 bits per heavy atom. The maximum absolute atomic E-state index is 13.7. The Labute approximate surface area is 263 Å². The molecule has 0 saturated carbocycles. The number of thioether (sulfide) groups is 1. The summed E-state index contributed by atoms with van der Waals surface area (Å²) in [5.41, 5.74) is 0.873. The van der Waals surface area contributed by atoms with Crippen LogP contribution >= 0.6 is 11.8 Å². The molecule has 1 saturated heterocycles. The monoisotopic (exact) mass is 631 g/mol. The third-order valence-electron chi connectivity index (χ3n) is 7.64. The zero-order valence-corrected chi connectivity index (χ0v) is 26.8. The van der Waals surface area contributed by atoms with Gasteiger partial charge in [-0.3, -0.25) is 24.1 Å². The summed E-state index contributed by atoms with van der Waals surface area (Å²) in [5.74, 6) is 1.50. The van der Waals surface area contributed by atoms with Crippen molar-refractivity contribution < 1.29 is 29.0 Å². The van der Waals surface area contributed by atoms with E-state index in [0.717, 1.165) is 11.3 Å². The summed E-state index contributed by atoms with van der Waals surface area (Å²) in [6.07, 6.45) is 3.21. The SMILES string of the molecule is CSCC[C@@H]1NC(=O)CCCN(C(=O)[C@H]2COCCN2C)CCn2nc(-c3ccccc3)nc2C(C(C)C)NC1=O.O=CO. The van der Waals surface area contributed by atoms with Crippen LogP contribution in [0.15, 0.2) is 30.3 Å². The first-order chi connectivity index (χ1) is 21.2. The van der Waals surface area contributed by atoms with Gasteiger partial charge in [-0.25, -0.2) is 9.67 Å². The molecule has 2 aromatic rings. The zero-order chi connectivity index (χ0) is 32.1. The molecule has 1 unspecified atom stereocenters. The molecule has 0 spiro atoms. The highest BCUT2D eigenvalue weighted by molar-refractivity contribution is 7.98. The maximum Gasteiger partial charge on any atom is 0.290 e. The quantitative estimate of drug-likeness (QED) is 0.400. The number of rotatable bonds is 6. The van der Waals surface area contributed by atoms with Gasteiger partial charge in [0, 0.05) is 31.6 Å². The second-order valence-corrected chi connectivity index (χ2v) is 12.1. The maximum atomic E-state index is 13.7. The van der Waals surface area contributed by atoms with Gasteiger partial charge >= 0.3 is 0 Å². The second kappa shape index (κ2) is 17.7. The lowest BCUT2D eigenvalue weighted by molar-refractivity contribution is -0.142. The Hall–Kier alpha value is -3.49. The lowest BCUT2D eigenvalue weighted by atomic mass is 10.0. The number of nitrogens with one attached hydrogen (secondary N) is 2. The molecule has 0 aliphatic carbocycles. The summed E-state index contributed by atoms with van der Waals surface area (Å²) in [6.45, 7) is 6.65. The molecule has 1 aromatic heterocycles. The van der Waals surface area contributed by atoms with Crippen molar-refractivity contribution in [2.24, 2.45) is 5.92 Å². The predicted octanol–water partition coefficient (Wildman–Crippen LogP) is 1.65. The van der Waals surface area contributed by atoms with Crippen LogP contribution in [-0.4, -0.2) is 118 Å². The number of morpholine rings is 1. The molecule has 14 heteroatoms. The highest BCUT2D eigenvalue weighted by atomic mass is 32.2. The molecule has 0 bridgehead atoms. The van der Waals surface area contributed by atoms with E-state index in [1.807, 2.05) is 72.0 Å². The summed E-state index contributed by atoms with van der Waals surface area (Å²) < 4.78 is 7.46. The van der Waals surface area contributed by atoms with Crippen LogP contribution in [0.5, 0.6) is 0 Å². The van der Waals surface area contributed by atoms with Crippen molar-refractivity contribution in [3.8, 4) is 11.4 Å². The number of benzene rings is 1. The summed E-state index contributed by atoms with van der Waals surface area (Å²) in [6, 6.07) is 8.27. The highest BCUT2D eigenvalue weighted by Gasteiger charge is 2.33. The lowest BCUT2D eigenvalue weighted by Gasteiger charge is -2.35. The summed E-state index contributed by atoms with van der Waals surface area (Å²) in [4.78, 5) is 57.3. The van der Waals surface area contributed by atoms with E-state index in [-0.39, 0.29) is 42.6 Å². The Morgan fingerprint density at radius 1 is 1.16 bits per heavy atom. The molecule has 3 N–H and O–H groups in total. The number of ether oxygens (including phenoxy) is 1. The van der Waals surface area contributed by atoms with Gasteiger partial charge in [-0.15, -0.1) is 0 Å². The normalized spacial score (nSPS) is 22.1. The molecule has 242 valence electrons. The lowest BCUT2D eigenvalue weighted by Crippen LogP contribution is -2.54. The Balaban J connectivity index is 0.00000169. The fourth-order valence-corrected chi connectivity index (χ4v) is 5.62. The van der Waals surface area contributed by atoms with E-state index < -0.39 is 12.1 Å². The van der Waals surface area contributed by atoms with Crippen molar-refractivity contribution in [3.05, 3.63) is 36.2 Å². The van der Waals surface area contributed by atoms with Gasteiger partial charge in [0.15, 0.2) is 11.6 Å². The number of nitrogens with zero attached hydrogens (tertiary/aromatic N) is 5. The third kappa shape index (κ3) is 9.76. The largest absolute Gasteiger partial charge is 0.483 e. The van der Waals surface area contributed by atoms with Crippen LogP contribution < -0.4 is 10.6 Å². The van der Waals surface area contributed by atoms with Gasteiger partial charge in [0.05, 0.1) is 25.8 Å². The number of likely N-dealkylation sites (N-methyl/N-ethyl adjacent to an activating group) is 1. The number of carbonyl (C=O) groups is 4. The minimum Gasteiger partial charge on any atom is -0.483 e. The van der Waals surface area contributed by atoms with Crippen LogP contribution in [0.1, 0.15) is 45.0 Å². The molecule has 3 amide bonds. The van der Waals surface area contributed by atoms with Crippen LogP contribution in [0.3, 0.4) is 0 Å². The van der Waals surface area contributed by atoms with E-state index in [9.17, 15) is 14.4 Å². The molecular weight excluding hydrogens is 586 g/mol. The standard InChI is InChI=1S/C29H43N7O4S.CH2O2/c1-20(2)25-27-32-26(21-9-6-5-7-10-21)33-36(27)15-14-35(29(39)23-19-40-17-16-34(23)3)13-8-11-24(37)30-22(12-18-41-4)28(38)31-25;2-1-3/h5-7,9-10,20,22-23,25H,8,11-19H2,1-4H3,(H,30,37)(H,31,38);1H,(H,2,3)/t22-,23+,25?;/m0./s1.